The van der Waals surface area contributed by atoms with Crippen LogP contribution in [0, 0.1) is 0 Å². The van der Waals surface area contributed by atoms with Gasteiger partial charge in [-0.25, -0.2) is 4.98 Å². The Morgan fingerprint density at radius 3 is 1.86 bits per heavy atom. The van der Waals surface area contributed by atoms with E-state index < -0.39 is 0 Å². The summed E-state index contributed by atoms with van der Waals surface area (Å²) in [6, 6.07) is 44.5. The number of nitrogens with zero attached hydrogens (tertiary/aromatic N) is 4. The fraction of sp³-hybridized carbons (Fsp3) is 0. The number of para-hydroxylation sites is 2. The highest BCUT2D eigenvalue weighted by Crippen LogP contribution is 2.36. The van der Waals surface area contributed by atoms with E-state index in [1.54, 1.807) is 4.40 Å². The van der Waals surface area contributed by atoms with Crippen molar-refractivity contribution in [1.82, 2.24) is 19.6 Å². The highest BCUT2D eigenvalue weighted by molar-refractivity contribution is 6.18. The monoisotopic (exact) mass is 566 g/mol. The normalized spacial score (nSPS) is 11.7. The minimum absolute atomic E-state index is 0.0926. The number of aromatic nitrogens is 4. The van der Waals surface area contributed by atoms with Crippen LogP contribution in [0.15, 0.2) is 143 Å². The number of hydrogen-bond acceptors (Lipinski definition) is 5. The van der Waals surface area contributed by atoms with Crippen LogP contribution in [0.2, 0.25) is 0 Å². The molecule has 0 spiro atoms. The van der Waals surface area contributed by atoms with E-state index in [1.807, 2.05) is 72.8 Å². The average Bonchev–Trinajstić information content (AvgIpc) is 3.74. The molecule has 9 aromatic rings. The van der Waals surface area contributed by atoms with Crippen molar-refractivity contribution in [3.05, 3.63) is 144 Å². The second-order valence-electron chi connectivity index (χ2n) is 10.9. The Hall–Kier alpha value is -6.14. The van der Waals surface area contributed by atoms with Crippen molar-refractivity contribution in [2.45, 2.75) is 0 Å². The van der Waals surface area contributed by atoms with E-state index in [0.717, 1.165) is 49.4 Å². The lowest BCUT2D eigenvalue weighted by molar-refractivity contribution is 0.585. The second-order valence-corrected chi connectivity index (χ2v) is 10.9. The van der Waals surface area contributed by atoms with Gasteiger partial charge in [0.15, 0.2) is 0 Å². The van der Waals surface area contributed by atoms with Gasteiger partial charge in [-0.2, -0.15) is 0 Å². The van der Waals surface area contributed by atoms with E-state index in [1.165, 1.54) is 11.1 Å². The smallest absolute Gasteiger partial charge is 0.264 e. The molecule has 3 aromatic heterocycles. The van der Waals surface area contributed by atoms with Crippen LogP contribution in [0.4, 0.5) is 0 Å². The summed E-state index contributed by atoms with van der Waals surface area (Å²) in [5.41, 5.74) is 8.37. The van der Waals surface area contributed by atoms with Gasteiger partial charge in [0.25, 0.3) is 5.56 Å². The van der Waals surface area contributed by atoms with Gasteiger partial charge in [0.05, 0.1) is 11.0 Å². The minimum Gasteiger partial charge on any atom is -0.416 e. The Bertz CT molecular complexity index is 2550. The molecule has 6 nitrogen and oxygen atoms in total. The van der Waals surface area contributed by atoms with Crippen LogP contribution in [-0.4, -0.2) is 19.6 Å². The second kappa shape index (κ2) is 9.44. The molecule has 0 unspecified atom stereocenters. The van der Waals surface area contributed by atoms with Crippen LogP contribution >= 0.6 is 0 Å². The Kier molecular flexibility index (Phi) is 5.25. The summed E-state index contributed by atoms with van der Waals surface area (Å²) in [6.45, 7) is 0. The highest BCUT2D eigenvalue weighted by Gasteiger charge is 2.20. The average molecular weight is 567 g/mol. The first-order valence-electron chi connectivity index (χ1n) is 14.4. The fourth-order valence-corrected chi connectivity index (χ4v) is 6.23. The predicted octanol–water partition coefficient (Wildman–Crippen LogP) is 8.64. The molecule has 0 radical (unpaired) electrons. The van der Waals surface area contributed by atoms with Gasteiger partial charge in [-0.1, -0.05) is 97.1 Å². The van der Waals surface area contributed by atoms with Crippen molar-refractivity contribution in [2.24, 2.45) is 0 Å². The summed E-state index contributed by atoms with van der Waals surface area (Å²) in [5, 5.41) is 12.0. The number of pyridine rings is 1. The van der Waals surface area contributed by atoms with Crippen molar-refractivity contribution in [3.63, 3.8) is 0 Å². The van der Waals surface area contributed by atoms with E-state index in [-0.39, 0.29) is 5.56 Å². The van der Waals surface area contributed by atoms with Crippen LogP contribution in [0.3, 0.4) is 0 Å². The van der Waals surface area contributed by atoms with Crippen LogP contribution in [0.25, 0.3) is 83.4 Å². The lowest BCUT2D eigenvalue weighted by Crippen LogP contribution is -2.13. The molecule has 0 aliphatic heterocycles. The van der Waals surface area contributed by atoms with Crippen LogP contribution in [0.5, 0.6) is 0 Å². The Morgan fingerprint density at radius 1 is 0.500 bits per heavy atom. The summed E-state index contributed by atoms with van der Waals surface area (Å²) in [4.78, 5) is 18.5. The third kappa shape index (κ3) is 3.68. The summed E-state index contributed by atoms with van der Waals surface area (Å²) in [5.74, 6) is 0.833. The van der Waals surface area contributed by atoms with E-state index >= 15 is 0 Å². The summed E-state index contributed by atoms with van der Waals surface area (Å²) >= 11 is 0. The standard InChI is InChI=1S/C38H22N4O2/c43-38-31-22-21-29(28-9-6-10-30(34(28)31)35-39-32-11-4-5-12-33(32)42(35)38)37-41-40-36(44-37)27-19-17-26(18-20-27)25-15-13-24(14-16-25)23-7-2-1-3-8-23/h1-22H. The highest BCUT2D eigenvalue weighted by atomic mass is 16.4. The lowest BCUT2D eigenvalue weighted by Gasteiger charge is -2.09. The number of imidazole rings is 1. The lowest BCUT2D eigenvalue weighted by atomic mass is 9.98. The van der Waals surface area contributed by atoms with Gasteiger partial charge in [0.2, 0.25) is 11.8 Å². The zero-order valence-electron chi connectivity index (χ0n) is 23.3. The number of fused-ring (bicyclic) bond motifs is 4. The first-order chi connectivity index (χ1) is 21.7. The summed E-state index contributed by atoms with van der Waals surface area (Å²) in [7, 11) is 0. The van der Waals surface area contributed by atoms with Gasteiger partial charge >= 0.3 is 0 Å². The Balaban J connectivity index is 1.08. The van der Waals surface area contributed by atoms with Crippen molar-refractivity contribution >= 4 is 38.2 Å². The third-order valence-electron chi connectivity index (χ3n) is 8.39. The molecule has 6 aromatic carbocycles. The van der Waals surface area contributed by atoms with E-state index in [4.69, 9.17) is 9.40 Å². The molecule has 0 amide bonds. The van der Waals surface area contributed by atoms with E-state index in [0.29, 0.717) is 22.8 Å². The quantitative estimate of drug-likeness (QED) is 0.213. The van der Waals surface area contributed by atoms with Gasteiger partial charge in [-0.05, 0) is 64.0 Å². The number of hydrogen-bond donors (Lipinski definition) is 0. The summed E-state index contributed by atoms with van der Waals surface area (Å²) < 4.78 is 7.93. The van der Waals surface area contributed by atoms with Crippen LogP contribution in [-0.2, 0) is 0 Å². The maximum atomic E-state index is 13.7. The molecule has 3 heterocycles. The maximum absolute atomic E-state index is 13.7. The van der Waals surface area contributed by atoms with E-state index in [2.05, 4.69) is 70.9 Å². The van der Waals surface area contributed by atoms with Crippen LogP contribution in [0.1, 0.15) is 0 Å². The largest absolute Gasteiger partial charge is 0.416 e. The zero-order chi connectivity index (χ0) is 29.2. The van der Waals surface area contributed by atoms with Gasteiger partial charge < -0.3 is 4.42 Å². The molecule has 0 aliphatic carbocycles. The molecule has 0 bridgehead atoms. The van der Waals surface area contributed by atoms with Crippen molar-refractivity contribution in [2.75, 3.05) is 0 Å². The molecule has 44 heavy (non-hydrogen) atoms. The fourth-order valence-electron chi connectivity index (χ4n) is 6.23. The summed E-state index contributed by atoms with van der Waals surface area (Å²) in [6.07, 6.45) is 0. The molecule has 0 saturated heterocycles. The topological polar surface area (TPSA) is 73.3 Å². The Morgan fingerprint density at radius 2 is 1.11 bits per heavy atom. The maximum Gasteiger partial charge on any atom is 0.264 e. The van der Waals surface area contributed by atoms with Gasteiger partial charge in [0, 0.05) is 27.3 Å². The number of benzene rings is 6. The molecule has 0 fully saturated rings. The molecule has 6 heteroatoms. The third-order valence-corrected chi connectivity index (χ3v) is 8.39. The molecule has 9 rings (SSSR count). The van der Waals surface area contributed by atoms with Crippen molar-refractivity contribution < 1.29 is 4.42 Å². The van der Waals surface area contributed by atoms with Crippen molar-refractivity contribution in [1.29, 1.82) is 0 Å². The first kappa shape index (κ1) is 24.5. The Labute approximate surface area is 250 Å². The molecule has 0 N–H and O–H groups in total. The molecular formula is C38H22N4O2. The molecule has 0 saturated carbocycles. The molecule has 0 aliphatic rings. The predicted molar refractivity (Wildman–Crippen MR) is 175 cm³/mol. The molecule has 206 valence electrons. The van der Waals surface area contributed by atoms with Crippen LogP contribution < -0.4 is 5.56 Å². The molecular weight excluding hydrogens is 544 g/mol. The zero-order valence-corrected chi connectivity index (χ0v) is 23.3. The van der Waals surface area contributed by atoms with Gasteiger partial charge in [-0.15, -0.1) is 10.2 Å². The van der Waals surface area contributed by atoms with Gasteiger partial charge in [-0.3, -0.25) is 9.20 Å². The van der Waals surface area contributed by atoms with Crippen molar-refractivity contribution in [3.8, 4) is 45.2 Å². The number of rotatable bonds is 4. The minimum atomic E-state index is -0.0926. The van der Waals surface area contributed by atoms with E-state index in [9.17, 15) is 4.79 Å². The molecule has 0 atom stereocenters. The van der Waals surface area contributed by atoms with Gasteiger partial charge in [0.1, 0.15) is 5.65 Å². The SMILES string of the molecule is O=c1c2ccc(-c3nnc(-c4ccc(-c5ccc(-c6ccccc6)cc5)cc4)o3)c3cccc(c32)c2nc3ccccc3n12. The first-order valence-corrected chi connectivity index (χ1v) is 14.4.